The Labute approximate surface area is 112 Å². The van der Waals surface area contributed by atoms with E-state index in [1.807, 2.05) is 12.1 Å². The molecule has 3 N–H and O–H groups in total. The highest BCUT2D eigenvalue weighted by molar-refractivity contribution is 7.80. The lowest BCUT2D eigenvalue weighted by molar-refractivity contribution is 0.191. The zero-order valence-corrected chi connectivity index (χ0v) is 11.6. The van der Waals surface area contributed by atoms with Crippen molar-refractivity contribution in [3.8, 4) is 0 Å². The third kappa shape index (κ3) is 4.50. The molecular weight excluding hydrogens is 256 g/mol. The Bertz CT molecular complexity index is 398. The van der Waals surface area contributed by atoms with E-state index < -0.39 is 0 Å². The van der Waals surface area contributed by atoms with Gasteiger partial charge >= 0.3 is 0 Å². The molecule has 1 aromatic rings. The monoisotopic (exact) mass is 272 g/mol. The SMILES string of the molecule is COCCC(C)Nc1ccc(C(N)=S)cc1Cl. The van der Waals surface area contributed by atoms with E-state index in [0.29, 0.717) is 16.1 Å². The van der Waals surface area contributed by atoms with Gasteiger partial charge in [0.05, 0.1) is 10.7 Å². The molecular formula is C12H17ClN2OS. The molecule has 1 rings (SSSR count). The summed E-state index contributed by atoms with van der Waals surface area (Å²) in [5.74, 6) is 0. The number of ether oxygens (including phenoxy) is 1. The van der Waals surface area contributed by atoms with Gasteiger partial charge in [-0.05, 0) is 31.5 Å². The second-order valence-corrected chi connectivity index (χ2v) is 4.73. The second kappa shape index (κ2) is 6.79. The molecule has 0 aromatic heterocycles. The smallest absolute Gasteiger partial charge is 0.104 e. The van der Waals surface area contributed by atoms with E-state index in [2.05, 4.69) is 12.2 Å². The molecule has 1 unspecified atom stereocenters. The van der Waals surface area contributed by atoms with Crippen LogP contribution in [0.1, 0.15) is 18.9 Å². The van der Waals surface area contributed by atoms with Crippen molar-refractivity contribution in [3.05, 3.63) is 28.8 Å². The van der Waals surface area contributed by atoms with E-state index in [1.54, 1.807) is 13.2 Å². The molecule has 5 heteroatoms. The molecule has 0 aliphatic rings. The Kier molecular flexibility index (Phi) is 5.68. The highest BCUT2D eigenvalue weighted by Gasteiger charge is 2.07. The molecule has 1 atom stereocenters. The van der Waals surface area contributed by atoms with E-state index in [4.69, 9.17) is 34.3 Å². The van der Waals surface area contributed by atoms with Crippen molar-refractivity contribution in [2.24, 2.45) is 5.73 Å². The van der Waals surface area contributed by atoms with Crippen LogP contribution in [-0.2, 0) is 4.74 Å². The third-order valence-electron chi connectivity index (χ3n) is 2.41. The summed E-state index contributed by atoms with van der Waals surface area (Å²) in [5, 5.41) is 3.94. The highest BCUT2D eigenvalue weighted by atomic mass is 35.5. The lowest BCUT2D eigenvalue weighted by Crippen LogP contribution is -2.17. The van der Waals surface area contributed by atoms with Gasteiger partial charge in [0.25, 0.3) is 0 Å². The van der Waals surface area contributed by atoms with E-state index in [0.717, 1.165) is 24.3 Å². The molecule has 94 valence electrons. The number of halogens is 1. The number of methoxy groups -OCH3 is 1. The Morgan fingerprint density at radius 1 is 1.59 bits per heavy atom. The van der Waals surface area contributed by atoms with Gasteiger partial charge in [0.1, 0.15) is 4.99 Å². The summed E-state index contributed by atoms with van der Waals surface area (Å²) < 4.78 is 5.02. The van der Waals surface area contributed by atoms with E-state index in [9.17, 15) is 0 Å². The molecule has 1 aromatic carbocycles. The summed E-state index contributed by atoms with van der Waals surface area (Å²) in [4.78, 5) is 0.353. The van der Waals surface area contributed by atoms with E-state index in [-0.39, 0.29) is 0 Å². The minimum atomic E-state index is 0.295. The van der Waals surface area contributed by atoms with Crippen molar-refractivity contribution < 1.29 is 4.74 Å². The quantitative estimate of drug-likeness (QED) is 0.782. The van der Waals surface area contributed by atoms with Crippen LogP contribution in [0.3, 0.4) is 0 Å². The number of anilines is 1. The van der Waals surface area contributed by atoms with Crippen LogP contribution in [0.25, 0.3) is 0 Å². The van der Waals surface area contributed by atoms with Gasteiger partial charge in [0, 0.05) is 25.3 Å². The van der Waals surface area contributed by atoms with Gasteiger partial charge < -0.3 is 15.8 Å². The molecule has 0 saturated heterocycles. The number of hydrogen-bond acceptors (Lipinski definition) is 3. The van der Waals surface area contributed by atoms with Crippen molar-refractivity contribution >= 4 is 34.5 Å². The van der Waals surface area contributed by atoms with Crippen LogP contribution >= 0.6 is 23.8 Å². The zero-order valence-electron chi connectivity index (χ0n) is 10.00. The number of benzene rings is 1. The van der Waals surface area contributed by atoms with Crippen LogP contribution in [-0.4, -0.2) is 24.7 Å². The molecule has 0 spiro atoms. The van der Waals surface area contributed by atoms with Crippen LogP contribution in [0, 0.1) is 0 Å². The predicted molar refractivity (Wildman–Crippen MR) is 76.9 cm³/mol. The maximum Gasteiger partial charge on any atom is 0.104 e. The van der Waals surface area contributed by atoms with E-state index in [1.165, 1.54) is 0 Å². The molecule has 0 saturated carbocycles. The standard InChI is InChI=1S/C12H17ClN2OS/c1-8(5-6-16-2)15-11-4-3-9(12(14)17)7-10(11)13/h3-4,7-8,15H,5-6H2,1-2H3,(H2,14,17). The largest absolute Gasteiger partial charge is 0.389 e. The average Bonchev–Trinajstić information content (AvgIpc) is 2.28. The number of hydrogen-bond donors (Lipinski definition) is 2. The molecule has 0 fully saturated rings. The van der Waals surface area contributed by atoms with Crippen molar-refractivity contribution in [2.45, 2.75) is 19.4 Å². The normalized spacial score (nSPS) is 12.2. The van der Waals surface area contributed by atoms with Crippen molar-refractivity contribution in [3.63, 3.8) is 0 Å². The minimum Gasteiger partial charge on any atom is -0.389 e. The van der Waals surface area contributed by atoms with Crippen molar-refractivity contribution in [1.82, 2.24) is 0 Å². The fourth-order valence-corrected chi connectivity index (χ4v) is 1.78. The van der Waals surface area contributed by atoms with Gasteiger partial charge in [0.15, 0.2) is 0 Å². The van der Waals surface area contributed by atoms with Gasteiger partial charge in [-0.3, -0.25) is 0 Å². The number of rotatable bonds is 6. The predicted octanol–water partition coefficient (Wildman–Crippen LogP) is 2.81. The Balaban J connectivity index is 2.69. The number of nitrogens with one attached hydrogen (secondary N) is 1. The summed E-state index contributed by atoms with van der Waals surface area (Å²) >= 11 is 11.0. The average molecular weight is 273 g/mol. The Hall–Kier alpha value is -0.840. The third-order valence-corrected chi connectivity index (χ3v) is 2.96. The fourth-order valence-electron chi connectivity index (χ4n) is 1.42. The summed E-state index contributed by atoms with van der Waals surface area (Å²) in [6.45, 7) is 2.80. The second-order valence-electron chi connectivity index (χ2n) is 3.89. The summed E-state index contributed by atoms with van der Waals surface area (Å²) in [7, 11) is 1.69. The fraction of sp³-hybridized carbons (Fsp3) is 0.417. The van der Waals surface area contributed by atoms with Crippen LogP contribution in [0.5, 0.6) is 0 Å². The molecule has 17 heavy (non-hydrogen) atoms. The summed E-state index contributed by atoms with van der Waals surface area (Å²) in [6.07, 6.45) is 0.921. The molecule has 0 bridgehead atoms. The molecule has 3 nitrogen and oxygen atoms in total. The first-order valence-electron chi connectivity index (χ1n) is 5.39. The maximum atomic E-state index is 6.14. The lowest BCUT2D eigenvalue weighted by atomic mass is 10.2. The first-order chi connectivity index (χ1) is 8.04. The van der Waals surface area contributed by atoms with Crippen LogP contribution in [0.4, 0.5) is 5.69 Å². The summed E-state index contributed by atoms with van der Waals surface area (Å²) in [6, 6.07) is 5.82. The van der Waals surface area contributed by atoms with Gasteiger partial charge in [-0.15, -0.1) is 0 Å². The van der Waals surface area contributed by atoms with E-state index >= 15 is 0 Å². The highest BCUT2D eigenvalue weighted by Crippen LogP contribution is 2.24. The minimum absolute atomic E-state index is 0.295. The zero-order chi connectivity index (χ0) is 12.8. The number of thiocarbonyl (C=S) groups is 1. The van der Waals surface area contributed by atoms with Gasteiger partial charge in [-0.2, -0.15) is 0 Å². The van der Waals surface area contributed by atoms with Crippen molar-refractivity contribution in [2.75, 3.05) is 19.0 Å². The lowest BCUT2D eigenvalue weighted by Gasteiger charge is -2.16. The first-order valence-corrected chi connectivity index (χ1v) is 6.18. The molecule has 0 aliphatic carbocycles. The van der Waals surface area contributed by atoms with Gasteiger partial charge in [-0.1, -0.05) is 23.8 Å². The van der Waals surface area contributed by atoms with Crippen LogP contribution in [0.15, 0.2) is 18.2 Å². The van der Waals surface area contributed by atoms with Crippen molar-refractivity contribution in [1.29, 1.82) is 0 Å². The van der Waals surface area contributed by atoms with Gasteiger partial charge in [0.2, 0.25) is 0 Å². The molecule has 0 amide bonds. The Morgan fingerprint density at radius 3 is 2.82 bits per heavy atom. The summed E-state index contributed by atoms with van der Waals surface area (Å²) in [5.41, 5.74) is 7.20. The topological polar surface area (TPSA) is 47.3 Å². The molecule has 0 heterocycles. The molecule has 0 radical (unpaired) electrons. The van der Waals surface area contributed by atoms with Crippen LogP contribution < -0.4 is 11.1 Å². The van der Waals surface area contributed by atoms with Gasteiger partial charge in [-0.25, -0.2) is 0 Å². The Morgan fingerprint density at radius 2 is 2.29 bits per heavy atom. The first kappa shape index (κ1) is 14.2. The molecule has 0 aliphatic heterocycles. The number of nitrogens with two attached hydrogens (primary N) is 1. The maximum absolute atomic E-state index is 6.14. The van der Waals surface area contributed by atoms with Crippen LogP contribution in [0.2, 0.25) is 5.02 Å².